The van der Waals surface area contributed by atoms with E-state index in [1.165, 1.54) is 22.5 Å². The number of rotatable bonds is 9. The van der Waals surface area contributed by atoms with Crippen LogP contribution in [0.25, 0.3) is 11.1 Å². The highest BCUT2D eigenvalue weighted by Crippen LogP contribution is 2.36. The number of imide groups is 1. The van der Waals surface area contributed by atoms with E-state index in [1.54, 1.807) is 42.5 Å². The van der Waals surface area contributed by atoms with E-state index in [1.807, 2.05) is 18.2 Å². The molecule has 1 fully saturated rings. The molecule has 0 radical (unpaired) electrons. The molecule has 2 N–H and O–H groups in total. The topological polar surface area (TPSA) is 139 Å². The molecule has 1 saturated heterocycles. The SMILES string of the molecule is O=C1c2ccccc2C(=O)N1CCCOc1cccc(-c2ccc(S(=O)(=O)C3(C(=O)NO)CCOCC3)cc2)c1. The fourth-order valence-corrected chi connectivity index (χ4v) is 7.03. The summed E-state index contributed by atoms with van der Waals surface area (Å²) in [7, 11) is -4.12. The number of nitrogens with one attached hydrogen (secondary N) is 1. The van der Waals surface area contributed by atoms with Gasteiger partial charge in [0.15, 0.2) is 14.6 Å². The molecular weight excluding hydrogens is 536 g/mol. The molecule has 3 aromatic rings. The number of nitrogens with zero attached hydrogens (tertiary/aromatic N) is 1. The predicted octanol–water partition coefficient (Wildman–Crippen LogP) is 3.25. The molecule has 2 aliphatic rings. The van der Waals surface area contributed by atoms with Gasteiger partial charge in [-0.1, -0.05) is 36.4 Å². The molecule has 3 aromatic carbocycles. The van der Waals surface area contributed by atoms with Crippen LogP contribution in [0.4, 0.5) is 0 Å². The second-order valence-electron chi connectivity index (χ2n) is 9.61. The average Bonchev–Trinajstić information content (AvgIpc) is 3.24. The highest BCUT2D eigenvalue weighted by atomic mass is 32.2. The van der Waals surface area contributed by atoms with Gasteiger partial charge in [-0.2, -0.15) is 0 Å². The fraction of sp³-hybridized carbons (Fsp3) is 0.276. The van der Waals surface area contributed by atoms with Crippen molar-refractivity contribution >= 4 is 27.6 Å². The lowest BCUT2D eigenvalue weighted by atomic mass is 9.98. The van der Waals surface area contributed by atoms with Gasteiger partial charge in [-0.05, 0) is 66.8 Å². The third-order valence-electron chi connectivity index (χ3n) is 7.34. The van der Waals surface area contributed by atoms with E-state index in [4.69, 9.17) is 9.47 Å². The lowest BCUT2D eigenvalue weighted by Gasteiger charge is -2.34. The molecule has 0 spiro atoms. The maximum Gasteiger partial charge on any atom is 0.265 e. The Morgan fingerprint density at radius 2 is 1.57 bits per heavy atom. The largest absolute Gasteiger partial charge is 0.494 e. The Balaban J connectivity index is 1.23. The number of fused-ring (bicyclic) bond motifs is 1. The van der Waals surface area contributed by atoms with Crippen LogP contribution in [0.2, 0.25) is 0 Å². The van der Waals surface area contributed by atoms with Gasteiger partial charge < -0.3 is 9.47 Å². The Morgan fingerprint density at radius 3 is 2.20 bits per heavy atom. The molecule has 0 saturated carbocycles. The zero-order chi connectivity index (χ0) is 28.3. The minimum absolute atomic E-state index is 0.0256. The molecule has 5 rings (SSSR count). The standard InChI is InChI=1S/C29H28N2O8S/c32-26-24-7-1-2-8-25(24)27(33)31(26)15-4-16-39-22-6-3-5-21(19-22)20-9-11-23(12-10-20)40(36,37)29(28(34)30-35)13-17-38-18-14-29/h1-3,5-12,19,35H,4,13-18H2,(H,30,34). The molecule has 40 heavy (non-hydrogen) atoms. The predicted molar refractivity (Wildman–Crippen MR) is 144 cm³/mol. The molecule has 11 heteroatoms. The van der Waals surface area contributed by atoms with Crippen molar-refractivity contribution in [1.29, 1.82) is 0 Å². The first-order valence-corrected chi connectivity index (χ1v) is 14.3. The van der Waals surface area contributed by atoms with Crippen molar-refractivity contribution in [3.05, 3.63) is 83.9 Å². The smallest absolute Gasteiger partial charge is 0.265 e. The number of hydroxylamine groups is 1. The maximum atomic E-state index is 13.5. The van der Waals surface area contributed by atoms with Gasteiger partial charge in [0.25, 0.3) is 17.7 Å². The minimum atomic E-state index is -4.12. The number of carbonyl (C=O) groups is 3. The van der Waals surface area contributed by atoms with Gasteiger partial charge in [-0.25, -0.2) is 13.9 Å². The van der Waals surface area contributed by atoms with E-state index in [2.05, 4.69) is 0 Å². The lowest BCUT2D eigenvalue weighted by molar-refractivity contribution is -0.134. The molecular formula is C29H28N2O8S. The maximum absolute atomic E-state index is 13.5. The molecule has 0 unspecified atom stereocenters. The summed E-state index contributed by atoms with van der Waals surface area (Å²) >= 11 is 0. The molecule has 208 valence electrons. The minimum Gasteiger partial charge on any atom is -0.494 e. The Labute approximate surface area is 231 Å². The molecule has 0 aliphatic carbocycles. The van der Waals surface area contributed by atoms with Crippen molar-refractivity contribution in [3.63, 3.8) is 0 Å². The van der Waals surface area contributed by atoms with Crippen LogP contribution in [0.3, 0.4) is 0 Å². The highest BCUT2D eigenvalue weighted by molar-refractivity contribution is 7.93. The first-order valence-electron chi connectivity index (χ1n) is 12.8. The Morgan fingerprint density at radius 1 is 0.925 bits per heavy atom. The summed E-state index contributed by atoms with van der Waals surface area (Å²) in [5, 5.41) is 9.23. The van der Waals surface area contributed by atoms with Crippen molar-refractivity contribution in [3.8, 4) is 16.9 Å². The van der Waals surface area contributed by atoms with Crippen LogP contribution in [-0.4, -0.2) is 67.4 Å². The number of sulfone groups is 1. The highest BCUT2D eigenvalue weighted by Gasteiger charge is 2.52. The summed E-state index contributed by atoms with van der Waals surface area (Å²) < 4.78 is 36.2. The summed E-state index contributed by atoms with van der Waals surface area (Å²) in [6, 6.07) is 20.2. The van der Waals surface area contributed by atoms with Crippen molar-refractivity contribution in [2.24, 2.45) is 0 Å². The summed E-state index contributed by atoms with van der Waals surface area (Å²) in [4.78, 5) is 38.7. The summed E-state index contributed by atoms with van der Waals surface area (Å²) in [6.45, 7) is 0.711. The number of hydrogen-bond donors (Lipinski definition) is 2. The van der Waals surface area contributed by atoms with Crippen molar-refractivity contribution in [2.75, 3.05) is 26.4 Å². The Kier molecular flexibility index (Phi) is 7.70. The third kappa shape index (κ3) is 4.87. The zero-order valence-electron chi connectivity index (χ0n) is 21.5. The number of ether oxygens (including phenoxy) is 2. The van der Waals surface area contributed by atoms with Gasteiger partial charge in [0.2, 0.25) is 0 Å². The number of benzene rings is 3. The van der Waals surface area contributed by atoms with E-state index in [0.717, 1.165) is 11.1 Å². The van der Waals surface area contributed by atoms with Crippen LogP contribution in [0.1, 0.15) is 40.0 Å². The first kappa shape index (κ1) is 27.5. The second kappa shape index (κ2) is 11.2. The molecule has 0 aromatic heterocycles. The first-order chi connectivity index (χ1) is 19.3. The lowest BCUT2D eigenvalue weighted by Crippen LogP contribution is -2.54. The van der Waals surface area contributed by atoms with Gasteiger partial charge in [-0.15, -0.1) is 0 Å². The van der Waals surface area contributed by atoms with Crippen LogP contribution < -0.4 is 10.2 Å². The van der Waals surface area contributed by atoms with Gasteiger partial charge in [0.05, 0.1) is 22.6 Å². The van der Waals surface area contributed by atoms with Crippen LogP contribution in [0.15, 0.2) is 77.7 Å². The van der Waals surface area contributed by atoms with Gasteiger partial charge in [0.1, 0.15) is 5.75 Å². The molecule has 3 amide bonds. The monoisotopic (exact) mass is 564 g/mol. The fourth-order valence-electron chi connectivity index (χ4n) is 5.09. The molecule has 0 atom stereocenters. The number of amides is 3. The molecule has 2 heterocycles. The van der Waals surface area contributed by atoms with E-state index < -0.39 is 20.5 Å². The second-order valence-corrected chi connectivity index (χ2v) is 11.9. The van der Waals surface area contributed by atoms with Crippen LogP contribution in [-0.2, 0) is 19.4 Å². The molecule has 0 bridgehead atoms. The molecule has 10 nitrogen and oxygen atoms in total. The summed E-state index contributed by atoms with van der Waals surface area (Å²) in [6.07, 6.45) is 0.336. The third-order valence-corrected chi connectivity index (χ3v) is 9.85. The molecule has 2 aliphatic heterocycles. The normalized spacial score (nSPS) is 16.5. The van der Waals surface area contributed by atoms with Crippen molar-refractivity contribution in [1.82, 2.24) is 10.4 Å². The van der Waals surface area contributed by atoms with Crippen LogP contribution in [0.5, 0.6) is 5.75 Å². The summed E-state index contributed by atoms with van der Waals surface area (Å²) in [5.74, 6) is -0.981. The number of hydrogen-bond acceptors (Lipinski definition) is 8. The van der Waals surface area contributed by atoms with Gasteiger partial charge in [0, 0.05) is 19.8 Å². The van der Waals surface area contributed by atoms with Gasteiger partial charge in [-0.3, -0.25) is 24.5 Å². The Bertz CT molecular complexity index is 1510. The number of carbonyl (C=O) groups excluding carboxylic acids is 3. The van der Waals surface area contributed by atoms with Crippen molar-refractivity contribution < 1.29 is 37.5 Å². The van der Waals surface area contributed by atoms with E-state index >= 15 is 0 Å². The zero-order valence-corrected chi connectivity index (χ0v) is 22.4. The van der Waals surface area contributed by atoms with E-state index in [-0.39, 0.29) is 55.9 Å². The summed E-state index contributed by atoms with van der Waals surface area (Å²) in [5.41, 5.74) is 3.88. The average molecular weight is 565 g/mol. The van der Waals surface area contributed by atoms with Crippen LogP contribution in [0, 0.1) is 0 Å². The van der Waals surface area contributed by atoms with E-state index in [9.17, 15) is 28.0 Å². The quantitative estimate of drug-likeness (QED) is 0.175. The van der Waals surface area contributed by atoms with Gasteiger partial charge >= 0.3 is 0 Å². The Hall–Kier alpha value is -4.06. The van der Waals surface area contributed by atoms with E-state index in [0.29, 0.717) is 23.3 Å². The van der Waals surface area contributed by atoms with Crippen LogP contribution >= 0.6 is 0 Å². The van der Waals surface area contributed by atoms with Crippen molar-refractivity contribution in [2.45, 2.75) is 28.9 Å².